The largest absolute Gasteiger partial charge is 0.530 e. The molecule has 0 aliphatic heterocycles. The highest BCUT2D eigenvalue weighted by Crippen LogP contribution is 2.32. The molecule has 2 heterocycles. The number of hydrogen-bond acceptors (Lipinski definition) is 5. The normalized spacial score (nSPS) is 12.1. The van der Waals surface area contributed by atoms with Crippen molar-refractivity contribution in [2.24, 2.45) is 0 Å². The Morgan fingerprint density at radius 3 is 2.43 bits per heavy atom. The molecule has 0 aliphatic carbocycles. The Hall–Kier alpha value is -3.65. The highest BCUT2D eigenvalue weighted by atomic mass is 32.2. The van der Waals surface area contributed by atoms with Crippen LogP contribution in [-0.2, 0) is 16.3 Å². The fourth-order valence-electron chi connectivity index (χ4n) is 4.14. The number of H-pyrrole nitrogens is 1. The van der Waals surface area contributed by atoms with Crippen LogP contribution in [0.2, 0.25) is 0 Å². The van der Waals surface area contributed by atoms with Crippen molar-refractivity contribution >= 4 is 27.0 Å². The number of hydrogen-bond donors (Lipinski definition) is 1. The molecule has 0 saturated carbocycles. The molecule has 0 fully saturated rings. The molecule has 8 heteroatoms. The summed E-state index contributed by atoms with van der Waals surface area (Å²) in [6.45, 7) is 5.88. The summed E-state index contributed by atoms with van der Waals surface area (Å²) in [5.41, 5.74) is 4.73. The van der Waals surface area contributed by atoms with E-state index in [1.165, 1.54) is 11.2 Å². The Morgan fingerprint density at radius 2 is 1.74 bits per heavy atom. The van der Waals surface area contributed by atoms with E-state index >= 15 is 0 Å². The van der Waals surface area contributed by atoms with Gasteiger partial charge < -0.3 is 19.8 Å². The quantitative estimate of drug-likeness (QED) is 0.434. The van der Waals surface area contributed by atoms with Crippen molar-refractivity contribution in [3.8, 4) is 22.3 Å². The first-order chi connectivity index (χ1) is 16.4. The highest BCUT2D eigenvalue weighted by molar-refractivity contribution is 7.90. The van der Waals surface area contributed by atoms with E-state index < -0.39 is 21.5 Å². The number of carbonyl (C=O) groups excluding carboxylic acids is 1. The van der Waals surface area contributed by atoms with E-state index in [1.54, 1.807) is 24.4 Å². The van der Waals surface area contributed by atoms with Gasteiger partial charge in [0.15, 0.2) is 9.84 Å². The van der Waals surface area contributed by atoms with E-state index in [0.717, 1.165) is 38.9 Å². The van der Waals surface area contributed by atoms with Crippen molar-refractivity contribution in [3.05, 3.63) is 72.6 Å². The van der Waals surface area contributed by atoms with E-state index in [4.69, 9.17) is 0 Å². The van der Waals surface area contributed by atoms with Crippen molar-refractivity contribution in [2.75, 3.05) is 12.8 Å². The number of sulfone groups is 1. The third-order valence-electron chi connectivity index (χ3n) is 6.02. The second-order valence-corrected chi connectivity index (χ2v) is 11.7. The molecule has 2 aromatic carbocycles. The minimum atomic E-state index is -3.32. The molecule has 4 aromatic rings. The van der Waals surface area contributed by atoms with Gasteiger partial charge in [-0.3, -0.25) is 0 Å². The molecule has 4 rings (SSSR count). The van der Waals surface area contributed by atoms with Gasteiger partial charge in [0, 0.05) is 47.2 Å². The Labute approximate surface area is 205 Å². The lowest BCUT2D eigenvalue weighted by Gasteiger charge is -2.38. The maximum atomic E-state index is 12.0. The molecule has 2 aromatic heterocycles. The van der Waals surface area contributed by atoms with Crippen LogP contribution in [0.25, 0.3) is 33.3 Å². The van der Waals surface area contributed by atoms with Crippen molar-refractivity contribution in [3.63, 3.8) is 0 Å². The van der Waals surface area contributed by atoms with E-state index in [9.17, 15) is 18.3 Å². The highest BCUT2D eigenvalue weighted by Gasteiger charge is 2.21. The van der Waals surface area contributed by atoms with Crippen LogP contribution in [0.3, 0.4) is 0 Å². The van der Waals surface area contributed by atoms with Crippen LogP contribution in [0.4, 0.5) is 4.79 Å². The number of nitrogens with one attached hydrogen (secondary N) is 1. The fraction of sp³-hybridized carbons (Fsp3) is 0.259. The molecule has 1 N–H and O–H groups in total. The summed E-state index contributed by atoms with van der Waals surface area (Å²) in [5.74, 6) is 0. The standard InChI is InChI=1S/C27H29N3O4S/c1-27(2,3)30(26(31)32)12-11-18-7-5-9-20(13-18)24-17-29-25-23(24)15-21(16-28-25)19-8-6-10-22(14-19)35(4,33)34/h5-10,13-17H,11-12H2,1-4H3,(H,28,29)(H,31,32)/p-1. The fourth-order valence-corrected chi connectivity index (χ4v) is 4.81. The molecule has 0 spiro atoms. The molecule has 0 aliphatic rings. The lowest BCUT2D eigenvalue weighted by molar-refractivity contribution is -0.270. The summed E-state index contributed by atoms with van der Waals surface area (Å²) in [5, 5.41) is 12.5. The number of benzene rings is 2. The Bertz CT molecular complexity index is 1500. The summed E-state index contributed by atoms with van der Waals surface area (Å²) < 4.78 is 24.0. The first kappa shape index (κ1) is 24.5. The molecule has 35 heavy (non-hydrogen) atoms. The summed E-state index contributed by atoms with van der Waals surface area (Å²) in [4.78, 5) is 20.9. The maximum absolute atomic E-state index is 12.0. The Morgan fingerprint density at radius 1 is 1.03 bits per heavy atom. The van der Waals surface area contributed by atoms with E-state index in [-0.39, 0.29) is 4.90 Å². The third kappa shape index (κ3) is 5.38. The number of rotatable bonds is 6. The van der Waals surface area contributed by atoms with Gasteiger partial charge in [-0.2, -0.15) is 0 Å². The van der Waals surface area contributed by atoms with E-state index in [1.807, 2.05) is 57.3 Å². The zero-order valence-corrected chi connectivity index (χ0v) is 21.0. The minimum Gasteiger partial charge on any atom is -0.530 e. The Kier molecular flexibility index (Phi) is 6.42. The maximum Gasteiger partial charge on any atom is 0.175 e. The monoisotopic (exact) mass is 490 g/mol. The van der Waals surface area contributed by atoms with Gasteiger partial charge in [-0.25, -0.2) is 13.4 Å². The Balaban J connectivity index is 1.67. The average Bonchev–Trinajstić information content (AvgIpc) is 3.21. The van der Waals surface area contributed by atoms with Gasteiger partial charge in [-0.15, -0.1) is 0 Å². The smallest absolute Gasteiger partial charge is 0.175 e. The number of fused-ring (bicyclic) bond motifs is 1. The van der Waals surface area contributed by atoms with Gasteiger partial charge in [-0.1, -0.05) is 36.4 Å². The molecule has 0 saturated heterocycles. The van der Waals surface area contributed by atoms with Gasteiger partial charge in [-0.05, 0) is 62.1 Å². The summed E-state index contributed by atoms with van der Waals surface area (Å²) in [6.07, 6.45) is 4.20. The predicted octanol–water partition coefficient (Wildman–Crippen LogP) is 4.29. The summed E-state index contributed by atoms with van der Waals surface area (Å²) in [7, 11) is -3.32. The van der Waals surface area contributed by atoms with E-state index in [0.29, 0.717) is 13.0 Å². The SMILES string of the molecule is CC(C)(C)N(CCc1cccc(-c2c[nH]c3ncc(-c4cccc(S(C)(=O)=O)c4)cc23)c1)C(=O)[O-]. The molecule has 0 bridgehead atoms. The zero-order chi connectivity index (χ0) is 25.4. The third-order valence-corrected chi connectivity index (χ3v) is 7.13. The number of aromatic amines is 1. The average molecular weight is 491 g/mol. The van der Waals surface area contributed by atoms with Crippen molar-refractivity contribution < 1.29 is 18.3 Å². The van der Waals surface area contributed by atoms with Crippen molar-refractivity contribution in [2.45, 2.75) is 37.6 Å². The van der Waals surface area contributed by atoms with E-state index in [2.05, 4.69) is 16.0 Å². The van der Waals surface area contributed by atoms with Gasteiger partial charge >= 0.3 is 0 Å². The zero-order valence-electron chi connectivity index (χ0n) is 20.2. The minimum absolute atomic E-state index is 0.262. The van der Waals surface area contributed by atoms with Gasteiger partial charge in [0.2, 0.25) is 0 Å². The summed E-state index contributed by atoms with van der Waals surface area (Å²) >= 11 is 0. The topological polar surface area (TPSA) is 106 Å². The number of amides is 1. The van der Waals surface area contributed by atoms with Gasteiger partial charge in [0.1, 0.15) is 11.7 Å². The first-order valence-electron chi connectivity index (χ1n) is 11.3. The number of nitrogens with zero attached hydrogens (tertiary/aromatic N) is 2. The predicted molar refractivity (Wildman–Crippen MR) is 136 cm³/mol. The summed E-state index contributed by atoms with van der Waals surface area (Å²) in [6, 6.07) is 16.8. The van der Waals surface area contributed by atoms with Crippen LogP contribution >= 0.6 is 0 Å². The van der Waals surface area contributed by atoms with Crippen LogP contribution in [0.5, 0.6) is 0 Å². The molecular formula is C27H28N3O4S-. The van der Waals surface area contributed by atoms with Crippen LogP contribution in [0.1, 0.15) is 26.3 Å². The number of aromatic nitrogens is 2. The molecule has 1 amide bonds. The van der Waals surface area contributed by atoms with Crippen LogP contribution in [0.15, 0.2) is 71.9 Å². The van der Waals surface area contributed by atoms with Gasteiger partial charge in [0.25, 0.3) is 0 Å². The lowest BCUT2D eigenvalue weighted by Crippen LogP contribution is -2.52. The second kappa shape index (κ2) is 9.19. The second-order valence-electron chi connectivity index (χ2n) is 9.66. The molecular weight excluding hydrogens is 462 g/mol. The van der Waals surface area contributed by atoms with Crippen LogP contribution in [-0.4, -0.2) is 47.7 Å². The van der Waals surface area contributed by atoms with Crippen molar-refractivity contribution in [1.82, 2.24) is 14.9 Å². The molecule has 0 atom stereocenters. The molecule has 0 radical (unpaired) electrons. The van der Waals surface area contributed by atoms with Gasteiger partial charge in [0.05, 0.1) is 4.90 Å². The van der Waals surface area contributed by atoms with Crippen molar-refractivity contribution in [1.29, 1.82) is 0 Å². The molecule has 0 unspecified atom stereocenters. The lowest BCUT2D eigenvalue weighted by atomic mass is 9.99. The molecule has 7 nitrogen and oxygen atoms in total. The first-order valence-corrected chi connectivity index (χ1v) is 13.2. The van der Waals surface area contributed by atoms with Crippen LogP contribution in [0, 0.1) is 0 Å². The number of pyridine rings is 1. The number of carbonyl (C=O) groups is 1. The van der Waals surface area contributed by atoms with Crippen LogP contribution < -0.4 is 5.11 Å². The molecule has 182 valence electrons. The number of carboxylic acid groups (broad SMARTS) is 1.